The Hall–Kier alpha value is -6.86. The van der Waals surface area contributed by atoms with Gasteiger partial charge >= 0.3 is 0 Å². The largest absolute Gasteiger partial charge is 0.308 e. The molecule has 0 spiro atoms. The van der Waals surface area contributed by atoms with Crippen molar-refractivity contribution in [3.8, 4) is 11.4 Å². The molecule has 0 saturated carbocycles. The minimum absolute atomic E-state index is 1.14. The van der Waals surface area contributed by atoms with E-state index in [9.17, 15) is 0 Å². The number of aromatic nitrogens is 2. The minimum atomic E-state index is 1.14. The quantitative estimate of drug-likeness (QED) is 0.152. The number of anilines is 6. The fraction of sp³-hybridized carbons (Fsp3) is 0.107. The topological polar surface area (TPSA) is 16.3 Å². The number of hydrogen-bond acceptors (Lipinski definition) is 4. The molecule has 0 aliphatic rings. The molecule has 0 unspecified atom stereocenters. The highest BCUT2D eigenvalue weighted by atomic mass is 32.1. The number of thiophene rings is 2. The van der Waals surface area contributed by atoms with Gasteiger partial charge in [-0.25, -0.2) is 0 Å². The van der Waals surface area contributed by atoms with Crippen molar-refractivity contribution in [1.29, 1.82) is 0 Å². The lowest BCUT2D eigenvalue weighted by Gasteiger charge is -2.25. The molecule has 4 aromatic heterocycles. The molecular weight excluding hydrogens is 793 g/mol. The Morgan fingerprint density at radius 2 is 0.645 bits per heavy atom. The lowest BCUT2D eigenvalue weighted by atomic mass is 10.1. The van der Waals surface area contributed by atoms with Gasteiger partial charge in [-0.1, -0.05) is 72.8 Å². The van der Waals surface area contributed by atoms with Crippen LogP contribution in [0.3, 0.4) is 0 Å². The molecule has 0 saturated heterocycles. The summed E-state index contributed by atoms with van der Waals surface area (Å²) in [6.45, 7) is 13.2. The van der Waals surface area contributed by atoms with Crippen molar-refractivity contribution in [2.45, 2.75) is 41.5 Å². The summed E-state index contributed by atoms with van der Waals surface area (Å²) in [5.74, 6) is 0. The molecule has 62 heavy (non-hydrogen) atoms. The highest BCUT2D eigenvalue weighted by molar-refractivity contribution is 7.24. The van der Waals surface area contributed by atoms with Gasteiger partial charge in [-0.3, -0.25) is 0 Å². The summed E-state index contributed by atoms with van der Waals surface area (Å²) in [4.78, 5) is 4.88. The van der Waals surface area contributed by atoms with E-state index in [0.29, 0.717) is 0 Å². The van der Waals surface area contributed by atoms with E-state index >= 15 is 0 Å². The van der Waals surface area contributed by atoms with E-state index in [0.717, 1.165) is 17.1 Å². The number of fused-ring (bicyclic) bond motifs is 6. The van der Waals surface area contributed by atoms with Crippen molar-refractivity contribution in [2.24, 2.45) is 0 Å². The lowest BCUT2D eigenvalue weighted by Crippen LogP contribution is -2.09. The molecule has 7 aromatic carbocycles. The highest BCUT2D eigenvalue weighted by Crippen LogP contribution is 2.50. The average Bonchev–Trinajstić information content (AvgIpc) is 3.99. The Bertz CT molecular complexity index is 3370. The van der Waals surface area contributed by atoms with Crippen LogP contribution < -0.4 is 9.80 Å². The van der Waals surface area contributed by atoms with E-state index in [-0.39, 0.29) is 0 Å². The van der Waals surface area contributed by atoms with Crippen LogP contribution >= 0.6 is 22.7 Å². The zero-order valence-corrected chi connectivity index (χ0v) is 37.4. The van der Waals surface area contributed by atoms with E-state index in [2.05, 4.69) is 230 Å². The second-order valence-corrected chi connectivity index (χ2v) is 18.9. The summed E-state index contributed by atoms with van der Waals surface area (Å²) in [7, 11) is 0. The first-order valence-corrected chi connectivity index (χ1v) is 22.9. The van der Waals surface area contributed by atoms with E-state index in [1.807, 2.05) is 22.7 Å². The van der Waals surface area contributed by atoms with Gasteiger partial charge in [-0.05, 0) is 172 Å². The molecule has 0 bridgehead atoms. The molecule has 0 atom stereocenters. The molecule has 0 fully saturated rings. The van der Waals surface area contributed by atoms with Crippen molar-refractivity contribution in [2.75, 3.05) is 9.80 Å². The van der Waals surface area contributed by atoms with Gasteiger partial charge in [0.1, 0.15) is 10.0 Å². The Labute approximate surface area is 370 Å². The van der Waals surface area contributed by atoms with Crippen LogP contribution in [0.2, 0.25) is 0 Å². The third kappa shape index (κ3) is 6.49. The maximum atomic E-state index is 2.48. The lowest BCUT2D eigenvalue weighted by molar-refractivity contribution is 1.17. The summed E-state index contributed by atoms with van der Waals surface area (Å²) >= 11 is 3.75. The maximum Gasteiger partial charge on any atom is 0.103 e. The van der Waals surface area contributed by atoms with Gasteiger partial charge < -0.3 is 18.9 Å². The molecule has 0 amide bonds. The van der Waals surface area contributed by atoms with Crippen molar-refractivity contribution in [3.05, 3.63) is 203 Å². The minimum Gasteiger partial charge on any atom is -0.308 e. The van der Waals surface area contributed by atoms with Crippen LogP contribution in [-0.2, 0) is 0 Å². The number of nitrogens with zero attached hydrogens (tertiary/aromatic N) is 4. The zero-order valence-electron chi connectivity index (χ0n) is 35.8. The SMILES string of the molecule is Cc1cc(C)cc(N(c2ccccc2)c2cc3c(s2)c2cc4c(cc2n3-c2ccccc2)c2sc(N(c3cc(C)cc(C)c3)c3cc(C)cc(C)c3)cc2n4-c2ccccc2)c1. The van der Waals surface area contributed by atoms with Crippen LogP contribution in [0.1, 0.15) is 33.4 Å². The first-order valence-electron chi connectivity index (χ1n) is 21.2. The molecule has 11 rings (SSSR count). The van der Waals surface area contributed by atoms with Gasteiger partial charge in [0.15, 0.2) is 0 Å². The van der Waals surface area contributed by atoms with Gasteiger partial charge in [0.05, 0.1) is 31.5 Å². The fourth-order valence-electron chi connectivity index (χ4n) is 9.58. The van der Waals surface area contributed by atoms with E-state index in [4.69, 9.17) is 0 Å². The van der Waals surface area contributed by atoms with Crippen LogP contribution in [-0.4, -0.2) is 9.13 Å². The van der Waals surface area contributed by atoms with Crippen molar-refractivity contribution in [1.82, 2.24) is 9.13 Å². The monoisotopic (exact) mass is 838 g/mol. The number of para-hydroxylation sites is 3. The van der Waals surface area contributed by atoms with Crippen molar-refractivity contribution < 1.29 is 0 Å². The molecule has 0 aliphatic carbocycles. The number of rotatable bonds is 8. The molecule has 0 N–H and O–H groups in total. The number of aryl methyl sites for hydroxylation is 6. The summed E-state index contributed by atoms with van der Waals surface area (Å²) in [6, 6.07) is 62.9. The second kappa shape index (κ2) is 14.9. The molecule has 0 aliphatic heterocycles. The van der Waals surface area contributed by atoms with Crippen LogP contribution in [0.4, 0.5) is 32.8 Å². The molecular formula is C56H46N4S2. The Morgan fingerprint density at radius 1 is 0.323 bits per heavy atom. The summed E-state index contributed by atoms with van der Waals surface area (Å²) in [5.41, 5.74) is 19.3. The Balaban J connectivity index is 1.20. The molecule has 302 valence electrons. The van der Waals surface area contributed by atoms with Gasteiger partial charge in [0, 0.05) is 44.9 Å². The van der Waals surface area contributed by atoms with Gasteiger partial charge in [0.2, 0.25) is 0 Å². The highest BCUT2D eigenvalue weighted by Gasteiger charge is 2.26. The smallest absolute Gasteiger partial charge is 0.103 e. The number of benzene rings is 7. The van der Waals surface area contributed by atoms with Crippen molar-refractivity contribution in [3.63, 3.8) is 0 Å². The summed E-state index contributed by atoms with van der Waals surface area (Å²) in [6.07, 6.45) is 0. The number of hydrogen-bond donors (Lipinski definition) is 0. The molecule has 6 heteroatoms. The predicted molar refractivity (Wildman–Crippen MR) is 269 cm³/mol. The Morgan fingerprint density at radius 3 is 1.00 bits per heavy atom. The third-order valence-corrected chi connectivity index (χ3v) is 14.1. The Kier molecular flexibility index (Phi) is 9.18. The van der Waals surface area contributed by atoms with Gasteiger partial charge in [-0.15, -0.1) is 22.7 Å². The van der Waals surface area contributed by atoms with Gasteiger partial charge in [0.25, 0.3) is 0 Å². The van der Waals surface area contributed by atoms with E-state index in [1.54, 1.807) is 0 Å². The molecule has 0 radical (unpaired) electrons. The standard InChI is InChI=1S/C56H46N4S2/c1-35-22-36(2)26-44(25-35)57(41-16-10-7-11-17-41)53-33-51-55(61-53)47-31-50-48(32-49(47)59(51)42-18-12-8-13-19-42)56-52(60(50)43-20-14-9-15-21-43)34-54(62-56)58(45-27-37(3)23-38(4)28-45)46-29-39(5)24-40(6)30-46/h7-34H,1-6H3. The first-order chi connectivity index (χ1) is 30.2. The molecule has 4 heterocycles. The average molecular weight is 839 g/mol. The normalized spacial score (nSPS) is 11.7. The maximum absolute atomic E-state index is 2.48. The van der Waals surface area contributed by atoms with Crippen LogP contribution in [0.25, 0.3) is 53.6 Å². The zero-order chi connectivity index (χ0) is 42.2. The fourth-order valence-corrected chi connectivity index (χ4v) is 12.0. The van der Waals surface area contributed by atoms with Crippen molar-refractivity contribution >= 4 is 97.7 Å². The van der Waals surface area contributed by atoms with Crippen LogP contribution in [0, 0.1) is 41.5 Å². The summed E-state index contributed by atoms with van der Waals surface area (Å²) in [5, 5.41) is 4.86. The van der Waals surface area contributed by atoms with E-state index in [1.165, 1.54) is 103 Å². The van der Waals surface area contributed by atoms with Crippen LogP contribution in [0.15, 0.2) is 170 Å². The van der Waals surface area contributed by atoms with Gasteiger partial charge in [-0.2, -0.15) is 0 Å². The van der Waals surface area contributed by atoms with E-state index < -0.39 is 0 Å². The van der Waals surface area contributed by atoms with Crippen LogP contribution in [0.5, 0.6) is 0 Å². The predicted octanol–water partition coefficient (Wildman–Crippen LogP) is 16.8. The molecule has 4 nitrogen and oxygen atoms in total. The second-order valence-electron chi connectivity index (χ2n) is 16.9. The molecule has 11 aromatic rings. The third-order valence-electron chi connectivity index (χ3n) is 11.8. The first kappa shape index (κ1) is 38.1. The summed E-state index contributed by atoms with van der Waals surface area (Å²) < 4.78 is 7.50.